The van der Waals surface area contributed by atoms with Crippen molar-refractivity contribution in [1.29, 1.82) is 0 Å². The van der Waals surface area contributed by atoms with E-state index in [-0.39, 0.29) is 12.8 Å². The monoisotopic (exact) mass is 519 g/mol. The lowest BCUT2D eigenvalue weighted by molar-refractivity contribution is -0.143. The number of hydrogen-bond donors (Lipinski definition) is 3. The van der Waals surface area contributed by atoms with E-state index in [0.717, 1.165) is 16.7 Å². The molecule has 3 aromatic rings. The maximum Gasteiger partial charge on any atom is 0.407 e. The number of aliphatic hydroxyl groups is 1. The Morgan fingerprint density at radius 3 is 1.92 bits per heavy atom. The van der Waals surface area contributed by atoms with E-state index >= 15 is 0 Å². The second-order valence-corrected chi connectivity index (χ2v) is 10.4. The van der Waals surface area contributed by atoms with Gasteiger partial charge < -0.3 is 25.0 Å². The fraction of sp³-hybridized carbons (Fsp3) is 0.355. The van der Waals surface area contributed by atoms with Crippen molar-refractivity contribution in [3.05, 3.63) is 102 Å². The summed E-state index contributed by atoms with van der Waals surface area (Å²) in [5.41, 5.74) is 2.08. The summed E-state index contributed by atoms with van der Waals surface area (Å²) < 4.78 is 11.2. The fourth-order valence-electron chi connectivity index (χ4n) is 4.08. The van der Waals surface area contributed by atoms with Crippen molar-refractivity contribution in [2.75, 3.05) is 0 Å². The van der Waals surface area contributed by atoms with Gasteiger partial charge in [0.2, 0.25) is 0 Å². The van der Waals surface area contributed by atoms with E-state index in [2.05, 4.69) is 5.32 Å². The highest BCUT2D eigenvalue weighted by atomic mass is 16.6. The molecule has 3 rings (SSSR count). The van der Waals surface area contributed by atoms with Gasteiger partial charge >= 0.3 is 12.1 Å². The molecule has 202 valence electrons. The zero-order valence-electron chi connectivity index (χ0n) is 22.2. The molecule has 3 unspecified atom stereocenters. The molecule has 38 heavy (non-hydrogen) atoms. The van der Waals surface area contributed by atoms with Crippen LogP contribution in [0.4, 0.5) is 4.79 Å². The van der Waals surface area contributed by atoms with E-state index in [0.29, 0.717) is 18.8 Å². The minimum Gasteiger partial charge on any atom is -0.489 e. The van der Waals surface area contributed by atoms with Crippen LogP contribution >= 0.6 is 0 Å². The van der Waals surface area contributed by atoms with Gasteiger partial charge in [-0.25, -0.2) is 4.79 Å². The van der Waals surface area contributed by atoms with Gasteiger partial charge in [0.25, 0.3) is 0 Å². The number of alkyl carbamates (subject to hydrolysis) is 1. The van der Waals surface area contributed by atoms with Crippen LogP contribution in [-0.4, -0.2) is 40.0 Å². The normalized spacial score (nSPS) is 13.7. The van der Waals surface area contributed by atoms with Crippen molar-refractivity contribution in [2.24, 2.45) is 5.92 Å². The van der Waals surface area contributed by atoms with Crippen LogP contribution in [0, 0.1) is 5.92 Å². The highest BCUT2D eigenvalue weighted by Crippen LogP contribution is 2.21. The van der Waals surface area contributed by atoms with Gasteiger partial charge in [-0.3, -0.25) is 4.79 Å². The standard InChI is InChI=1S/C31H37NO6/c1-31(2,3)38-30(36)32-27(19-22-10-6-4-7-11-22)28(33)20-25(29(34)35)18-23-14-16-26(17-15-23)37-21-24-12-8-5-9-13-24/h4-17,25,27-28,33H,18-21H2,1-3H3,(H,32,36)(H,34,35). The first kappa shape index (κ1) is 28.7. The van der Waals surface area contributed by atoms with Crippen molar-refractivity contribution in [2.45, 2.75) is 64.4 Å². The van der Waals surface area contributed by atoms with E-state index in [1.54, 1.807) is 20.8 Å². The SMILES string of the molecule is CC(C)(C)OC(=O)NC(Cc1ccccc1)C(O)CC(Cc1ccc(OCc2ccccc2)cc1)C(=O)O. The molecule has 0 aliphatic rings. The van der Waals surface area contributed by atoms with E-state index in [4.69, 9.17) is 9.47 Å². The Morgan fingerprint density at radius 1 is 0.816 bits per heavy atom. The molecule has 0 aromatic heterocycles. The Hall–Kier alpha value is -3.84. The molecule has 1 amide bonds. The van der Waals surface area contributed by atoms with E-state index in [9.17, 15) is 19.8 Å². The number of aliphatic hydroxyl groups excluding tert-OH is 1. The minimum absolute atomic E-state index is 0.0328. The molecular formula is C31H37NO6. The second-order valence-electron chi connectivity index (χ2n) is 10.4. The van der Waals surface area contributed by atoms with Crippen molar-refractivity contribution in [1.82, 2.24) is 5.32 Å². The lowest BCUT2D eigenvalue weighted by atomic mass is 9.89. The fourth-order valence-corrected chi connectivity index (χ4v) is 4.08. The average Bonchev–Trinajstić information content (AvgIpc) is 2.87. The number of carbonyl (C=O) groups is 2. The summed E-state index contributed by atoms with van der Waals surface area (Å²) in [7, 11) is 0. The molecule has 3 aromatic carbocycles. The third-order valence-electron chi connectivity index (χ3n) is 5.99. The van der Waals surface area contributed by atoms with Gasteiger partial charge in [0.05, 0.1) is 18.1 Å². The molecule has 7 heteroatoms. The molecule has 3 N–H and O–H groups in total. The molecule has 0 radical (unpaired) electrons. The van der Waals surface area contributed by atoms with Gasteiger partial charge in [-0.05, 0) is 68.9 Å². The first-order valence-corrected chi connectivity index (χ1v) is 12.8. The average molecular weight is 520 g/mol. The number of ether oxygens (including phenoxy) is 2. The second kappa shape index (κ2) is 13.6. The summed E-state index contributed by atoms with van der Waals surface area (Å²) in [5.74, 6) is -1.17. The van der Waals surface area contributed by atoms with Crippen LogP contribution < -0.4 is 10.1 Å². The molecular weight excluding hydrogens is 482 g/mol. The van der Waals surface area contributed by atoms with Crippen LogP contribution in [0.15, 0.2) is 84.9 Å². The molecule has 0 bridgehead atoms. The van der Waals surface area contributed by atoms with Crippen LogP contribution in [0.2, 0.25) is 0 Å². The summed E-state index contributed by atoms with van der Waals surface area (Å²) in [6, 6.07) is 25.8. The van der Waals surface area contributed by atoms with Gasteiger partial charge in [-0.15, -0.1) is 0 Å². The number of carbonyl (C=O) groups excluding carboxylic acids is 1. The van der Waals surface area contributed by atoms with Crippen LogP contribution in [0.3, 0.4) is 0 Å². The van der Waals surface area contributed by atoms with E-state index in [1.807, 2.05) is 84.9 Å². The number of amides is 1. The highest BCUT2D eigenvalue weighted by Gasteiger charge is 2.30. The Bertz CT molecular complexity index is 1140. The molecule has 3 atom stereocenters. The maximum absolute atomic E-state index is 12.5. The lowest BCUT2D eigenvalue weighted by Gasteiger charge is -2.28. The number of benzene rings is 3. The number of hydrogen-bond acceptors (Lipinski definition) is 5. The van der Waals surface area contributed by atoms with Gasteiger partial charge in [-0.2, -0.15) is 0 Å². The molecule has 7 nitrogen and oxygen atoms in total. The Morgan fingerprint density at radius 2 is 1.37 bits per heavy atom. The molecule has 0 heterocycles. The van der Waals surface area contributed by atoms with Crippen molar-refractivity contribution in [3.63, 3.8) is 0 Å². The summed E-state index contributed by atoms with van der Waals surface area (Å²) in [6.45, 7) is 5.71. The Balaban J connectivity index is 1.64. The minimum atomic E-state index is -1.10. The molecule has 0 aliphatic heterocycles. The summed E-state index contributed by atoms with van der Waals surface area (Å²) in [5, 5.41) is 23.7. The number of nitrogens with one attached hydrogen (secondary N) is 1. The van der Waals surface area contributed by atoms with Crippen LogP contribution in [0.1, 0.15) is 43.9 Å². The topological polar surface area (TPSA) is 105 Å². The van der Waals surface area contributed by atoms with Crippen molar-refractivity contribution < 1.29 is 29.3 Å². The predicted octanol–water partition coefficient (Wildman–Crippen LogP) is 5.40. The maximum atomic E-state index is 12.5. The smallest absolute Gasteiger partial charge is 0.407 e. The number of aliphatic carboxylic acids is 1. The predicted molar refractivity (Wildman–Crippen MR) is 146 cm³/mol. The van der Waals surface area contributed by atoms with Crippen LogP contribution in [0.5, 0.6) is 5.75 Å². The molecule has 0 saturated heterocycles. The lowest BCUT2D eigenvalue weighted by Crippen LogP contribution is -2.47. The first-order valence-electron chi connectivity index (χ1n) is 12.8. The third kappa shape index (κ3) is 9.90. The van der Waals surface area contributed by atoms with Crippen molar-refractivity contribution >= 4 is 12.1 Å². The Kier molecular flexibility index (Phi) is 10.3. The molecule has 0 saturated carbocycles. The van der Waals surface area contributed by atoms with Gasteiger partial charge in [0.15, 0.2) is 0 Å². The van der Waals surface area contributed by atoms with Crippen LogP contribution in [-0.2, 0) is 29.0 Å². The van der Waals surface area contributed by atoms with Crippen molar-refractivity contribution in [3.8, 4) is 5.75 Å². The van der Waals surface area contributed by atoms with E-state index < -0.39 is 35.7 Å². The van der Waals surface area contributed by atoms with Gasteiger partial charge in [0.1, 0.15) is 18.0 Å². The zero-order chi connectivity index (χ0) is 27.5. The zero-order valence-corrected chi connectivity index (χ0v) is 22.2. The summed E-state index contributed by atoms with van der Waals surface area (Å²) >= 11 is 0. The number of carboxylic acid groups (broad SMARTS) is 1. The molecule has 0 spiro atoms. The van der Waals surface area contributed by atoms with Crippen LogP contribution in [0.25, 0.3) is 0 Å². The molecule has 0 aliphatic carbocycles. The Labute approximate surface area is 224 Å². The summed E-state index contributed by atoms with van der Waals surface area (Å²) in [6.07, 6.45) is -1.22. The summed E-state index contributed by atoms with van der Waals surface area (Å²) in [4.78, 5) is 24.6. The highest BCUT2D eigenvalue weighted by molar-refractivity contribution is 5.71. The molecule has 0 fully saturated rings. The largest absolute Gasteiger partial charge is 0.489 e. The first-order chi connectivity index (χ1) is 18.1. The number of carboxylic acids is 1. The third-order valence-corrected chi connectivity index (χ3v) is 5.99. The van der Waals surface area contributed by atoms with Gasteiger partial charge in [-0.1, -0.05) is 72.8 Å². The quantitative estimate of drug-likeness (QED) is 0.296. The number of rotatable bonds is 12. The van der Waals surface area contributed by atoms with E-state index in [1.165, 1.54) is 0 Å². The van der Waals surface area contributed by atoms with Gasteiger partial charge in [0, 0.05) is 0 Å².